The van der Waals surface area contributed by atoms with Gasteiger partial charge >= 0.3 is 13.3 Å². The average Bonchev–Trinajstić information content (AvgIpc) is 2.63. The number of nitrogens with one attached hydrogen (secondary N) is 1. The van der Waals surface area contributed by atoms with Crippen molar-refractivity contribution < 1.29 is 22.5 Å². The van der Waals surface area contributed by atoms with E-state index >= 15 is 0 Å². The molecule has 0 bridgehead atoms. The maximum absolute atomic E-state index is 13.0. The fourth-order valence-electron chi connectivity index (χ4n) is 2.39. The van der Waals surface area contributed by atoms with Gasteiger partial charge in [-0.25, -0.2) is 0 Å². The van der Waals surface area contributed by atoms with Crippen molar-refractivity contribution in [3.8, 4) is 0 Å². The topological polar surface area (TPSA) is 30.5 Å². The molecule has 3 nitrogen and oxygen atoms in total. The van der Waals surface area contributed by atoms with E-state index in [0.717, 1.165) is 6.07 Å². The maximum Gasteiger partial charge on any atom is 0.495 e. The molecule has 0 aromatic heterocycles. The van der Waals surface area contributed by atoms with Gasteiger partial charge in [-0.2, -0.15) is 13.2 Å². The van der Waals surface area contributed by atoms with Gasteiger partial charge in [0.05, 0.1) is 16.8 Å². The molecular weight excluding hydrogens is 306 g/mol. The molecule has 1 heterocycles. The van der Waals surface area contributed by atoms with E-state index in [-0.39, 0.29) is 0 Å². The summed E-state index contributed by atoms with van der Waals surface area (Å²) in [5.41, 5.74) is -0.547. The summed E-state index contributed by atoms with van der Waals surface area (Å²) < 4.78 is 50.8. The van der Waals surface area contributed by atoms with Crippen molar-refractivity contribution in [1.29, 1.82) is 0 Å². The highest BCUT2D eigenvalue weighted by Crippen LogP contribution is 2.37. The Morgan fingerprint density at radius 1 is 1.09 bits per heavy atom. The molecule has 7 heteroatoms. The van der Waals surface area contributed by atoms with Gasteiger partial charge in [0.2, 0.25) is 0 Å². The molecule has 0 aliphatic carbocycles. The molecule has 1 N–H and O–H groups in total. The minimum Gasteiger partial charge on any atom is -0.399 e. The lowest BCUT2D eigenvalue weighted by Crippen LogP contribution is -2.41. The molecular formula is C16H23BF3NO2. The first-order valence-electron chi connectivity index (χ1n) is 7.74. The fraction of sp³-hybridized carbons (Fsp3) is 0.625. The first kappa shape index (κ1) is 18.3. The third-order valence-electron chi connectivity index (χ3n) is 4.54. The van der Waals surface area contributed by atoms with Crippen LogP contribution in [0.3, 0.4) is 0 Å². The maximum atomic E-state index is 13.0. The van der Waals surface area contributed by atoms with Crippen molar-refractivity contribution in [2.24, 2.45) is 0 Å². The van der Waals surface area contributed by atoms with Crippen LogP contribution in [0.15, 0.2) is 18.2 Å². The van der Waals surface area contributed by atoms with E-state index < -0.39 is 30.1 Å². The molecule has 0 radical (unpaired) electrons. The van der Waals surface area contributed by atoms with Crippen molar-refractivity contribution in [1.82, 2.24) is 5.32 Å². The van der Waals surface area contributed by atoms with Crippen LogP contribution in [-0.2, 0) is 22.0 Å². The largest absolute Gasteiger partial charge is 0.495 e. The number of benzene rings is 1. The van der Waals surface area contributed by atoms with Crippen molar-refractivity contribution >= 4 is 12.6 Å². The second kappa shape index (κ2) is 6.11. The summed E-state index contributed by atoms with van der Waals surface area (Å²) in [6.07, 6.45) is -4.37. The summed E-state index contributed by atoms with van der Waals surface area (Å²) in [5.74, 6) is 0. The average molecular weight is 329 g/mol. The molecule has 128 valence electrons. The fourth-order valence-corrected chi connectivity index (χ4v) is 2.39. The number of rotatable bonds is 4. The molecule has 0 saturated carbocycles. The molecule has 1 saturated heterocycles. The van der Waals surface area contributed by atoms with Gasteiger partial charge in [-0.3, -0.25) is 0 Å². The van der Waals surface area contributed by atoms with Gasteiger partial charge in [-0.1, -0.05) is 19.1 Å². The molecule has 1 aromatic carbocycles. The van der Waals surface area contributed by atoms with Gasteiger partial charge < -0.3 is 14.6 Å². The first-order chi connectivity index (χ1) is 10.5. The molecule has 0 unspecified atom stereocenters. The van der Waals surface area contributed by atoms with Crippen LogP contribution in [0.25, 0.3) is 0 Å². The Labute approximate surface area is 135 Å². The summed E-state index contributed by atoms with van der Waals surface area (Å²) in [4.78, 5) is 0. The highest BCUT2D eigenvalue weighted by atomic mass is 19.4. The Morgan fingerprint density at radius 2 is 1.65 bits per heavy atom. The smallest absolute Gasteiger partial charge is 0.399 e. The Morgan fingerprint density at radius 3 is 2.13 bits per heavy atom. The normalized spacial score (nSPS) is 20.1. The van der Waals surface area contributed by atoms with Crippen LogP contribution < -0.4 is 10.8 Å². The second-order valence-electron chi connectivity index (χ2n) is 6.78. The van der Waals surface area contributed by atoms with Crippen LogP contribution >= 0.6 is 0 Å². The predicted octanol–water partition coefficient (Wildman–Crippen LogP) is 3.11. The van der Waals surface area contributed by atoms with Gasteiger partial charge in [-0.05, 0) is 51.3 Å². The summed E-state index contributed by atoms with van der Waals surface area (Å²) in [5, 5.41) is 3.07. The number of alkyl halides is 3. The summed E-state index contributed by atoms with van der Waals surface area (Å²) in [6.45, 7) is 10.6. The zero-order chi connectivity index (χ0) is 17.5. The van der Waals surface area contributed by atoms with E-state index in [4.69, 9.17) is 9.31 Å². The van der Waals surface area contributed by atoms with Crippen LogP contribution in [0.2, 0.25) is 0 Å². The van der Waals surface area contributed by atoms with Crippen molar-refractivity contribution in [2.75, 3.05) is 6.54 Å². The van der Waals surface area contributed by atoms with Gasteiger partial charge in [0, 0.05) is 6.54 Å². The predicted molar refractivity (Wildman–Crippen MR) is 84.5 cm³/mol. The first-order valence-corrected chi connectivity index (χ1v) is 7.74. The summed E-state index contributed by atoms with van der Waals surface area (Å²) in [6, 6.07) is 3.70. The molecule has 0 atom stereocenters. The van der Waals surface area contributed by atoms with Crippen LogP contribution in [0, 0.1) is 0 Å². The standard InChI is InChI=1S/C16H23BF3NO2/c1-6-21-10-11-9-12(16(18,19)20)7-8-13(11)17-22-14(2,3)15(4,5)23-17/h7-9,21H,6,10H2,1-5H3. The Balaban J connectivity index is 2.38. The SMILES string of the molecule is CCNCc1cc(C(F)(F)F)ccc1B1OC(C)(C)C(C)(C)O1. The van der Waals surface area contributed by atoms with Gasteiger partial charge in [-0.15, -0.1) is 0 Å². The lowest BCUT2D eigenvalue weighted by Gasteiger charge is -2.32. The van der Waals surface area contributed by atoms with Crippen LogP contribution in [-0.4, -0.2) is 24.9 Å². The molecule has 1 fully saturated rings. The minimum atomic E-state index is -4.37. The number of halogens is 3. The van der Waals surface area contributed by atoms with Gasteiger partial charge in [0.15, 0.2) is 0 Å². The van der Waals surface area contributed by atoms with Crippen LogP contribution in [0.1, 0.15) is 45.7 Å². The van der Waals surface area contributed by atoms with E-state index in [2.05, 4.69) is 5.32 Å². The molecule has 0 spiro atoms. The summed E-state index contributed by atoms with van der Waals surface area (Å²) in [7, 11) is -0.670. The number of hydrogen-bond acceptors (Lipinski definition) is 3. The zero-order valence-electron chi connectivity index (χ0n) is 14.2. The molecule has 2 rings (SSSR count). The monoisotopic (exact) mass is 329 g/mol. The molecule has 0 amide bonds. The quantitative estimate of drug-likeness (QED) is 0.861. The molecule has 1 aliphatic heterocycles. The lowest BCUT2D eigenvalue weighted by atomic mass is 9.75. The Hall–Kier alpha value is -1.05. The molecule has 1 aliphatic rings. The van der Waals surface area contributed by atoms with Crippen LogP contribution in [0.4, 0.5) is 13.2 Å². The minimum absolute atomic E-state index is 0.333. The van der Waals surface area contributed by atoms with E-state index in [1.807, 2.05) is 34.6 Å². The number of hydrogen-bond donors (Lipinski definition) is 1. The Bertz CT molecular complexity index is 557. The van der Waals surface area contributed by atoms with Crippen molar-refractivity contribution in [3.05, 3.63) is 29.3 Å². The van der Waals surface area contributed by atoms with Crippen molar-refractivity contribution in [3.63, 3.8) is 0 Å². The Kier molecular flexibility index (Phi) is 4.86. The van der Waals surface area contributed by atoms with Gasteiger partial charge in [0.1, 0.15) is 0 Å². The zero-order valence-corrected chi connectivity index (χ0v) is 14.2. The van der Waals surface area contributed by atoms with E-state index in [1.54, 1.807) is 0 Å². The van der Waals surface area contributed by atoms with Crippen molar-refractivity contribution in [2.45, 2.75) is 58.5 Å². The van der Waals surface area contributed by atoms with E-state index in [0.29, 0.717) is 24.1 Å². The highest BCUT2D eigenvalue weighted by Gasteiger charge is 2.52. The van der Waals surface area contributed by atoms with Crippen LogP contribution in [0.5, 0.6) is 0 Å². The molecule has 1 aromatic rings. The van der Waals surface area contributed by atoms with E-state index in [1.165, 1.54) is 12.1 Å². The third kappa shape index (κ3) is 3.73. The lowest BCUT2D eigenvalue weighted by molar-refractivity contribution is -0.137. The highest BCUT2D eigenvalue weighted by molar-refractivity contribution is 6.62. The summed E-state index contributed by atoms with van der Waals surface area (Å²) >= 11 is 0. The second-order valence-corrected chi connectivity index (χ2v) is 6.78. The van der Waals surface area contributed by atoms with E-state index in [9.17, 15) is 13.2 Å². The molecule has 23 heavy (non-hydrogen) atoms. The third-order valence-corrected chi connectivity index (χ3v) is 4.54. The van der Waals surface area contributed by atoms with Gasteiger partial charge in [0.25, 0.3) is 0 Å².